The van der Waals surface area contributed by atoms with Crippen LogP contribution in [-0.4, -0.2) is 11.2 Å². The highest BCUT2D eigenvalue weighted by molar-refractivity contribution is 5.23. The molecule has 2 atom stereocenters. The summed E-state index contributed by atoms with van der Waals surface area (Å²) < 4.78 is 0. The second-order valence-electron chi connectivity index (χ2n) is 6.96. The van der Waals surface area contributed by atoms with Gasteiger partial charge in [0, 0.05) is 11.3 Å². The van der Waals surface area contributed by atoms with E-state index < -0.39 is 0 Å². The summed E-state index contributed by atoms with van der Waals surface area (Å²) in [5.74, 6) is 0.458. The molecule has 104 valence electrons. The lowest BCUT2D eigenvalue weighted by atomic mass is 9.83. The Kier molecular flexibility index (Phi) is 4.89. The fraction of sp³-hybridized carbons (Fsp3) is 0.882. The summed E-state index contributed by atoms with van der Waals surface area (Å²) in [6.45, 7) is 4.38. The van der Waals surface area contributed by atoms with E-state index in [0.29, 0.717) is 5.92 Å². The van der Waals surface area contributed by atoms with E-state index in [1.165, 1.54) is 64.2 Å². The second kappa shape index (κ2) is 6.23. The third-order valence-electron chi connectivity index (χ3n) is 4.91. The highest BCUT2D eigenvalue weighted by Gasteiger charge is 2.40. The van der Waals surface area contributed by atoms with Crippen LogP contribution in [-0.2, 0) is 0 Å². The Labute approximate surface area is 113 Å². The highest BCUT2D eigenvalue weighted by atomic mass is 16.3. The fourth-order valence-corrected chi connectivity index (χ4v) is 3.75. The average molecular weight is 250 g/mol. The molecule has 2 aliphatic carbocycles. The lowest BCUT2D eigenvalue weighted by molar-refractivity contribution is 0.0527. The largest absolute Gasteiger partial charge is 0.392 e. The molecule has 0 aromatic heterocycles. The van der Waals surface area contributed by atoms with Crippen molar-refractivity contribution in [1.82, 2.24) is 0 Å². The van der Waals surface area contributed by atoms with Crippen LogP contribution in [0, 0.1) is 11.3 Å². The van der Waals surface area contributed by atoms with Gasteiger partial charge in [-0.25, -0.2) is 0 Å². The number of aliphatic hydroxyl groups excluding tert-OH is 1. The lowest BCUT2D eigenvalue weighted by Crippen LogP contribution is -2.29. The first kappa shape index (κ1) is 14.1. The minimum atomic E-state index is -0.143. The molecule has 1 fully saturated rings. The zero-order chi connectivity index (χ0) is 13.0. The molecule has 18 heavy (non-hydrogen) atoms. The van der Waals surface area contributed by atoms with Crippen molar-refractivity contribution >= 4 is 0 Å². The van der Waals surface area contributed by atoms with Crippen LogP contribution in [0.15, 0.2) is 11.6 Å². The first-order valence-electron chi connectivity index (χ1n) is 8.01. The molecule has 2 rings (SSSR count). The minimum Gasteiger partial charge on any atom is -0.392 e. The molecule has 2 aliphatic rings. The Balaban J connectivity index is 2.01. The van der Waals surface area contributed by atoms with E-state index in [1.807, 2.05) is 0 Å². The maximum absolute atomic E-state index is 10.5. The van der Waals surface area contributed by atoms with Crippen LogP contribution < -0.4 is 0 Å². The number of fused-ring (bicyclic) bond motifs is 1. The van der Waals surface area contributed by atoms with Gasteiger partial charge in [-0.2, -0.15) is 0 Å². The van der Waals surface area contributed by atoms with Crippen LogP contribution in [0.5, 0.6) is 0 Å². The number of rotatable bonds is 0. The molecule has 0 aromatic rings. The molecule has 0 aromatic carbocycles. The summed E-state index contributed by atoms with van der Waals surface area (Å²) >= 11 is 0. The average Bonchev–Trinajstić information content (AvgIpc) is 2.51. The van der Waals surface area contributed by atoms with Crippen molar-refractivity contribution in [3.63, 3.8) is 0 Å². The molecule has 0 unspecified atom stereocenters. The van der Waals surface area contributed by atoms with Gasteiger partial charge >= 0.3 is 0 Å². The maximum Gasteiger partial charge on any atom is 0.0690 e. The summed E-state index contributed by atoms with van der Waals surface area (Å²) in [6, 6.07) is 0. The van der Waals surface area contributed by atoms with Gasteiger partial charge in [-0.05, 0) is 19.3 Å². The van der Waals surface area contributed by atoms with Crippen molar-refractivity contribution in [3.8, 4) is 0 Å². The molecule has 0 amide bonds. The first-order valence-corrected chi connectivity index (χ1v) is 8.01. The predicted molar refractivity (Wildman–Crippen MR) is 77.5 cm³/mol. The van der Waals surface area contributed by atoms with E-state index in [9.17, 15) is 5.11 Å². The van der Waals surface area contributed by atoms with E-state index in [0.717, 1.165) is 0 Å². The van der Waals surface area contributed by atoms with Gasteiger partial charge in [-0.15, -0.1) is 0 Å². The number of hydrogen-bond acceptors (Lipinski definition) is 1. The van der Waals surface area contributed by atoms with Gasteiger partial charge < -0.3 is 5.11 Å². The van der Waals surface area contributed by atoms with Crippen LogP contribution >= 0.6 is 0 Å². The molecule has 1 nitrogen and oxygen atoms in total. The van der Waals surface area contributed by atoms with Crippen LogP contribution in [0.25, 0.3) is 0 Å². The minimum absolute atomic E-state index is 0.000178. The summed E-state index contributed by atoms with van der Waals surface area (Å²) in [7, 11) is 0. The molecule has 0 bridgehead atoms. The van der Waals surface area contributed by atoms with Crippen LogP contribution in [0.1, 0.15) is 78.1 Å². The predicted octanol–water partition coefficient (Wildman–Crippen LogP) is 4.84. The van der Waals surface area contributed by atoms with Gasteiger partial charge in [-0.3, -0.25) is 0 Å². The van der Waals surface area contributed by atoms with E-state index in [2.05, 4.69) is 19.9 Å². The lowest BCUT2D eigenvalue weighted by Gasteiger charge is -2.27. The standard InChI is InChI=1S/C17H30O/c1-17(2)13-14-11-9-7-5-3-4-6-8-10-12-15(14)16(17)18/h13,15-16,18H,3-12H2,1-2H3/t15-,16+/m0/s1. The monoisotopic (exact) mass is 250 g/mol. The molecule has 0 aliphatic heterocycles. The van der Waals surface area contributed by atoms with E-state index in [4.69, 9.17) is 0 Å². The van der Waals surface area contributed by atoms with Gasteiger partial charge in [0.05, 0.1) is 6.10 Å². The summed E-state index contributed by atoms with van der Waals surface area (Å²) in [5.41, 5.74) is 1.56. The molecule has 1 saturated carbocycles. The van der Waals surface area contributed by atoms with Gasteiger partial charge in [0.2, 0.25) is 0 Å². The van der Waals surface area contributed by atoms with Crippen molar-refractivity contribution in [1.29, 1.82) is 0 Å². The molecule has 0 heterocycles. The smallest absolute Gasteiger partial charge is 0.0690 e. The summed E-state index contributed by atoms with van der Waals surface area (Å²) in [6.07, 6.45) is 15.7. The normalized spacial score (nSPS) is 34.1. The third-order valence-corrected chi connectivity index (χ3v) is 4.91. The van der Waals surface area contributed by atoms with Crippen molar-refractivity contribution in [3.05, 3.63) is 11.6 Å². The van der Waals surface area contributed by atoms with Gasteiger partial charge in [0.15, 0.2) is 0 Å². The third kappa shape index (κ3) is 3.38. The summed E-state index contributed by atoms with van der Waals surface area (Å²) in [5, 5.41) is 10.5. The first-order chi connectivity index (χ1) is 8.61. The Hall–Kier alpha value is -0.300. The van der Waals surface area contributed by atoms with E-state index in [-0.39, 0.29) is 11.5 Å². The Morgan fingerprint density at radius 3 is 2.17 bits per heavy atom. The second-order valence-corrected chi connectivity index (χ2v) is 6.96. The Bertz CT molecular complexity index is 290. The molecular weight excluding hydrogens is 220 g/mol. The fourth-order valence-electron chi connectivity index (χ4n) is 3.75. The van der Waals surface area contributed by atoms with Crippen molar-refractivity contribution in [2.75, 3.05) is 0 Å². The van der Waals surface area contributed by atoms with Crippen LogP contribution in [0.2, 0.25) is 0 Å². The topological polar surface area (TPSA) is 20.2 Å². The summed E-state index contributed by atoms with van der Waals surface area (Å²) in [4.78, 5) is 0. The molecule has 0 radical (unpaired) electrons. The number of aliphatic hydroxyl groups is 1. The zero-order valence-electron chi connectivity index (χ0n) is 12.3. The Morgan fingerprint density at radius 1 is 0.944 bits per heavy atom. The molecule has 0 spiro atoms. The van der Waals surface area contributed by atoms with E-state index >= 15 is 0 Å². The van der Waals surface area contributed by atoms with Crippen molar-refractivity contribution in [2.24, 2.45) is 11.3 Å². The highest BCUT2D eigenvalue weighted by Crippen LogP contribution is 2.44. The molecule has 0 saturated heterocycles. The van der Waals surface area contributed by atoms with Gasteiger partial charge in [0.25, 0.3) is 0 Å². The van der Waals surface area contributed by atoms with Crippen molar-refractivity contribution < 1.29 is 5.11 Å². The molecule has 1 N–H and O–H groups in total. The Morgan fingerprint density at radius 2 is 1.50 bits per heavy atom. The number of hydrogen-bond donors (Lipinski definition) is 1. The maximum atomic E-state index is 10.5. The van der Waals surface area contributed by atoms with Crippen LogP contribution in [0.4, 0.5) is 0 Å². The van der Waals surface area contributed by atoms with E-state index in [1.54, 1.807) is 5.57 Å². The van der Waals surface area contributed by atoms with Gasteiger partial charge in [0.1, 0.15) is 0 Å². The quantitative estimate of drug-likeness (QED) is 0.610. The molecular formula is C17H30O. The molecule has 1 heteroatoms. The van der Waals surface area contributed by atoms with Gasteiger partial charge in [-0.1, -0.05) is 70.4 Å². The SMILES string of the molecule is CC1(C)C=C2CCCCCCCCCC[C@@H]2[C@H]1O. The zero-order valence-corrected chi connectivity index (χ0v) is 12.3. The van der Waals surface area contributed by atoms with Crippen molar-refractivity contribution in [2.45, 2.75) is 84.2 Å². The van der Waals surface area contributed by atoms with Crippen LogP contribution in [0.3, 0.4) is 0 Å².